The summed E-state index contributed by atoms with van der Waals surface area (Å²) in [5.74, 6) is 0.545. The first-order valence-electron chi connectivity index (χ1n) is 8.09. The number of nitrogens with zero attached hydrogens (tertiary/aromatic N) is 1. The van der Waals surface area contributed by atoms with Crippen LogP contribution in [0.5, 0.6) is 5.75 Å². The molecule has 1 saturated heterocycles. The lowest BCUT2D eigenvalue weighted by atomic mass is 10.0. The van der Waals surface area contributed by atoms with Gasteiger partial charge in [-0.15, -0.1) is 24.8 Å². The van der Waals surface area contributed by atoms with E-state index < -0.39 is 0 Å². The fourth-order valence-electron chi connectivity index (χ4n) is 2.64. The van der Waals surface area contributed by atoms with Crippen LogP contribution in [-0.4, -0.2) is 23.5 Å². The van der Waals surface area contributed by atoms with Gasteiger partial charge >= 0.3 is 0 Å². The Bertz CT molecular complexity index is 695. The number of carbonyl (C=O) groups is 1. The van der Waals surface area contributed by atoms with Gasteiger partial charge in [0.1, 0.15) is 12.4 Å². The molecule has 1 aromatic carbocycles. The lowest BCUT2D eigenvalue weighted by molar-refractivity contribution is -0.118. The Balaban J connectivity index is 0.00000169. The molecule has 1 aliphatic heterocycles. The maximum Gasteiger partial charge on any atom is 0.241 e. The minimum absolute atomic E-state index is 0. The van der Waals surface area contributed by atoms with Gasteiger partial charge in [-0.2, -0.15) is 0 Å². The largest absolute Gasteiger partial charge is 0.486 e. The van der Waals surface area contributed by atoms with Gasteiger partial charge < -0.3 is 15.4 Å². The topological polar surface area (TPSA) is 63.2 Å². The predicted octanol–water partition coefficient (Wildman–Crippen LogP) is 4.24. The molecule has 0 spiro atoms. The quantitative estimate of drug-likeness (QED) is 0.762. The fraction of sp³-hybridized carbons (Fsp3) is 0.333. The van der Waals surface area contributed by atoms with E-state index in [1.807, 2.05) is 18.2 Å². The van der Waals surface area contributed by atoms with Crippen molar-refractivity contribution in [3.63, 3.8) is 0 Å². The summed E-state index contributed by atoms with van der Waals surface area (Å²) in [6.45, 7) is 1.23. The molecule has 8 heteroatoms. The van der Waals surface area contributed by atoms with Gasteiger partial charge in [-0.25, -0.2) is 0 Å². The van der Waals surface area contributed by atoms with Crippen molar-refractivity contribution in [1.29, 1.82) is 0 Å². The molecule has 0 radical (unpaired) electrons. The van der Waals surface area contributed by atoms with Crippen molar-refractivity contribution in [3.05, 3.63) is 53.3 Å². The molecule has 2 aromatic rings. The molecule has 26 heavy (non-hydrogen) atoms. The van der Waals surface area contributed by atoms with Gasteiger partial charge in [0, 0.05) is 11.9 Å². The van der Waals surface area contributed by atoms with Gasteiger partial charge in [-0.1, -0.05) is 24.1 Å². The van der Waals surface area contributed by atoms with Crippen molar-refractivity contribution < 1.29 is 9.53 Å². The molecule has 0 saturated carbocycles. The number of amides is 1. The maximum atomic E-state index is 12.2. The number of piperidine rings is 1. The number of ether oxygens (including phenoxy) is 1. The van der Waals surface area contributed by atoms with Crippen LogP contribution in [0.4, 0.5) is 5.69 Å². The predicted molar refractivity (Wildman–Crippen MR) is 109 cm³/mol. The number of halogens is 3. The van der Waals surface area contributed by atoms with Crippen LogP contribution in [0, 0.1) is 0 Å². The number of anilines is 1. The van der Waals surface area contributed by atoms with Gasteiger partial charge in [-0.3, -0.25) is 9.78 Å². The Hall–Kier alpha value is -1.53. The van der Waals surface area contributed by atoms with E-state index >= 15 is 0 Å². The summed E-state index contributed by atoms with van der Waals surface area (Å²) in [6, 6.07) is 10.8. The fourth-order valence-corrected chi connectivity index (χ4v) is 2.87. The highest BCUT2D eigenvalue weighted by atomic mass is 35.5. The summed E-state index contributed by atoms with van der Waals surface area (Å²) < 4.78 is 5.68. The van der Waals surface area contributed by atoms with E-state index in [-0.39, 0.29) is 36.8 Å². The van der Waals surface area contributed by atoms with Gasteiger partial charge in [0.15, 0.2) is 0 Å². The molecule has 1 aliphatic rings. The molecule has 142 valence electrons. The zero-order valence-electron chi connectivity index (χ0n) is 14.1. The number of aromatic nitrogens is 1. The third-order valence-electron chi connectivity index (χ3n) is 3.93. The molecule has 2 N–H and O–H groups in total. The van der Waals surface area contributed by atoms with Crippen molar-refractivity contribution in [2.45, 2.75) is 31.9 Å². The normalized spacial score (nSPS) is 16.0. The number of pyridine rings is 1. The van der Waals surface area contributed by atoms with Crippen LogP contribution in [0.2, 0.25) is 5.02 Å². The summed E-state index contributed by atoms with van der Waals surface area (Å²) in [7, 11) is 0. The second-order valence-corrected chi connectivity index (χ2v) is 6.15. The third kappa shape index (κ3) is 6.32. The van der Waals surface area contributed by atoms with Crippen molar-refractivity contribution in [1.82, 2.24) is 10.3 Å². The molecule has 0 bridgehead atoms. The van der Waals surface area contributed by atoms with E-state index in [4.69, 9.17) is 16.3 Å². The Kier molecular flexibility index (Phi) is 9.73. The number of benzene rings is 1. The van der Waals surface area contributed by atoms with Crippen molar-refractivity contribution in [3.8, 4) is 5.75 Å². The standard InChI is InChI=1S/C18H20ClN3O2.2ClH/c19-15-11-13(22-18(23)16-6-2-4-10-21-16)7-8-17(15)24-12-14-5-1-3-9-20-14;;/h1,3,5,7-9,11,16,21H,2,4,6,10,12H2,(H,22,23);2*1H/t16-;;/m1../s1. The van der Waals surface area contributed by atoms with Crippen LogP contribution in [0.3, 0.4) is 0 Å². The molecule has 1 atom stereocenters. The first-order valence-corrected chi connectivity index (χ1v) is 8.47. The van der Waals surface area contributed by atoms with Gasteiger partial charge in [-0.05, 0) is 49.7 Å². The first kappa shape index (κ1) is 22.5. The number of carbonyl (C=O) groups excluding carboxylic acids is 1. The minimum Gasteiger partial charge on any atom is -0.486 e. The second kappa shape index (κ2) is 11.2. The molecule has 2 heterocycles. The summed E-state index contributed by atoms with van der Waals surface area (Å²) >= 11 is 6.25. The van der Waals surface area contributed by atoms with E-state index in [1.165, 1.54) is 0 Å². The van der Waals surface area contributed by atoms with E-state index in [0.717, 1.165) is 31.5 Å². The molecular weight excluding hydrogens is 397 g/mol. The second-order valence-electron chi connectivity index (χ2n) is 5.75. The average molecular weight is 419 g/mol. The third-order valence-corrected chi connectivity index (χ3v) is 4.22. The zero-order valence-corrected chi connectivity index (χ0v) is 16.5. The maximum absolute atomic E-state index is 12.2. The van der Waals surface area contributed by atoms with Crippen LogP contribution in [0.15, 0.2) is 42.6 Å². The van der Waals surface area contributed by atoms with Crippen LogP contribution >= 0.6 is 36.4 Å². The van der Waals surface area contributed by atoms with Crippen LogP contribution in [-0.2, 0) is 11.4 Å². The van der Waals surface area contributed by atoms with Gasteiger partial charge in [0.05, 0.1) is 16.8 Å². The van der Waals surface area contributed by atoms with Crippen molar-refractivity contribution >= 4 is 48.0 Å². The molecule has 0 aliphatic carbocycles. The minimum atomic E-state index is -0.127. The SMILES string of the molecule is Cl.Cl.O=C(Nc1ccc(OCc2ccccn2)c(Cl)c1)[C@H]1CCCCN1. The lowest BCUT2D eigenvalue weighted by Crippen LogP contribution is -2.43. The number of hydrogen-bond donors (Lipinski definition) is 2. The van der Waals surface area contributed by atoms with Crippen LogP contribution in [0.25, 0.3) is 0 Å². The van der Waals surface area contributed by atoms with E-state index in [0.29, 0.717) is 23.1 Å². The Morgan fingerprint density at radius 3 is 2.77 bits per heavy atom. The van der Waals surface area contributed by atoms with Crippen molar-refractivity contribution in [2.75, 3.05) is 11.9 Å². The lowest BCUT2D eigenvalue weighted by Gasteiger charge is -2.22. The molecule has 3 rings (SSSR count). The Morgan fingerprint density at radius 2 is 2.12 bits per heavy atom. The first-order chi connectivity index (χ1) is 11.7. The molecule has 1 aromatic heterocycles. The van der Waals surface area contributed by atoms with E-state index in [9.17, 15) is 4.79 Å². The zero-order chi connectivity index (χ0) is 16.8. The Labute approximate surface area is 170 Å². The summed E-state index contributed by atoms with van der Waals surface area (Å²) in [5.41, 5.74) is 1.50. The summed E-state index contributed by atoms with van der Waals surface area (Å²) in [6.07, 6.45) is 4.78. The van der Waals surface area contributed by atoms with E-state index in [1.54, 1.807) is 24.4 Å². The summed E-state index contributed by atoms with van der Waals surface area (Å²) in [4.78, 5) is 16.4. The highest BCUT2D eigenvalue weighted by Crippen LogP contribution is 2.28. The van der Waals surface area contributed by atoms with E-state index in [2.05, 4.69) is 15.6 Å². The van der Waals surface area contributed by atoms with Crippen LogP contribution in [0.1, 0.15) is 25.0 Å². The summed E-state index contributed by atoms with van der Waals surface area (Å²) in [5, 5.41) is 6.59. The monoisotopic (exact) mass is 417 g/mol. The molecule has 0 unspecified atom stereocenters. The van der Waals surface area contributed by atoms with Crippen molar-refractivity contribution in [2.24, 2.45) is 0 Å². The van der Waals surface area contributed by atoms with Gasteiger partial charge in [0.2, 0.25) is 5.91 Å². The highest BCUT2D eigenvalue weighted by molar-refractivity contribution is 6.32. The molecule has 5 nitrogen and oxygen atoms in total. The number of hydrogen-bond acceptors (Lipinski definition) is 4. The number of nitrogens with one attached hydrogen (secondary N) is 2. The van der Waals surface area contributed by atoms with Gasteiger partial charge in [0.25, 0.3) is 0 Å². The molecule has 1 amide bonds. The Morgan fingerprint density at radius 1 is 1.27 bits per heavy atom. The highest BCUT2D eigenvalue weighted by Gasteiger charge is 2.20. The molecule has 1 fully saturated rings. The number of rotatable bonds is 5. The average Bonchev–Trinajstić information content (AvgIpc) is 2.62. The van der Waals surface area contributed by atoms with Crippen LogP contribution < -0.4 is 15.4 Å². The molecular formula is C18H22Cl3N3O2. The smallest absolute Gasteiger partial charge is 0.241 e.